The van der Waals surface area contributed by atoms with Crippen LogP contribution in [0, 0.1) is 0 Å². The summed E-state index contributed by atoms with van der Waals surface area (Å²) < 4.78 is 0. The highest BCUT2D eigenvalue weighted by Gasteiger charge is 2.09. The van der Waals surface area contributed by atoms with Crippen LogP contribution in [0.15, 0.2) is 23.3 Å². The van der Waals surface area contributed by atoms with Crippen molar-refractivity contribution in [3.8, 4) is 0 Å². The summed E-state index contributed by atoms with van der Waals surface area (Å²) in [6.07, 6.45) is 8.19. The van der Waals surface area contributed by atoms with Crippen molar-refractivity contribution in [2.24, 2.45) is 5.73 Å². The van der Waals surface area contributed by atoms with Crippen LogP contribution in [0.25, 0.3) is 0 Å². The predicted molar refractivity (Wildman–Crippen MR) is 76.9 cm³/mol. The molecule has 1 unspecified atom stereocenters. The number of allylic oxidation sites excluding steroid dienone is 3. The number of hydrogen-bond acceptors (Lipinski definition) is 3. The lowest BCUT2D eigenvalue weighted by Gasteiger charge is -2.08. The molecule has 0 heterocycles. The summed E-state index contributed by atoms with van der Waals surface area (Å²) in [7, 11) is 0. The predicted octanol–water partition coefficient (Wildman–Crippen LogP) is 2.44. The molecule has 0 aliphatic rings. The second-order valence-electron chi connectivity index (χ2n) is 4.27. The van der Waals surface area contributed by atoms with Crippen LogP contribution in [0.5, 0.6) is 0 Å². The molecule has 3 nitrogen and oxygen atoms in total. The van der Waals surface area contributed by atoms with E-state index in [-0.39, 0.29) is 5.91 Å². The summed E-state index contributed by atoms with van der Waals surface area (Å²) in [6.45, 7) is 6.85. The van der Waals surface area contributed by atoms with Crippen molar-refractivity contribution in [2.45, 2.75) is 39.0 Å². The van der Waals surface area contributed by atoms with E-state index < -0.39 is 5.37 Å². The topological polar surface area (TPSA) is 55.1 Å². The number of carbonyl (C=O) groups excluding carboxylic acids is 1. The van der Waals surface area contributed by atoms with E-state index in [9.17, 15) is 4.79 Å². The first-order valence-corrected chi connectivity index (χ1v) is 7.11. The molecule has 0 aliphatic carbocycles. The monoisotopic (exact) mass is 256 g/mol. The lowest BCUT2D eigenvalue weighted by atomic mass is 10.1. The van der Waals surface area contributed by atoms with Crippen molar-refractivity contribution in [2.75, 3.05) is 12.8 Å². The largest absolute Gasteiger partial charge is 0.351 e. The van der Waals surface area contributed by atoms with Crippen molar-refractivity contribution in [3.63, 3.8) is 0 Å². The zero-order valence-electron chi connectivity index (χ0n) is 11.2. The molecule has 0 aromatic carbocycles. The van der Waals surface area contributed by atoms with Gasteiger partial charge in [-0.1, -0.05) is 23.3 Å². The van der Waals surface area contributed by atoms with Gasteiger partial charge in [-0.3, -0.25) is 4.79 Å². The van der Waals surface area contributed by atoms with Crippen LogP contribution in [0.1, 0.15) is 33.6 Å². The molecule has 17 heavy (non-hydrogen) atoms. The highest BCUT2D eigenvalue weighted by molar-refractivity contribution is 7.99. The molecular formula is C13H24N2OS. The van der Waals surface area contributed by atoms with E-state index in [1.807, 2.05) is 12.3 Å². The van der Waals surface area contributed by atoms with Crippen LogP contribution >= 0.6 is 11.8 Å². The highest BCUT2D eigenvalue weighted by atomic mass is 32.2. The van der Waals surface area contributed by atoms with E-state index in [4.69, 9.17) is 5.73 Å². The lowest BCUT2D eigenvalue weighted by Crippen LogP contribution is -2.38. The van der Waals surface area contributed by atoms with Crippen molar-refractivity contribution >= 4 is 17.7 Å². The molecule has 3 N–H and O–H groups in total. The molecule has 0 aromatic rings. The third-order valence-electron chi connectivity index (χ3n) is 2.33. The van der Waals surface area contributed by atoms with Crippen LogP contribution in [0.3, 0.4) is 0 Å². The zero-order chi connectivity index (χ0) is 13.3. The fraction of sp³-hybridized carbons (Fsp3) is 0.615. The number of rotatable bonds is 7. The second kappa shape index (κ2) is 9.31. The second-order valence-corrected chi connectivity index (χ2v) is 5.25. The summed E-state index contributed by atoms with van der Waals surface area (Å²) >= 11 is 1.35. The van der Waals surface area contributed by atoms with Crippen LogP contribution in [0.2, 0.25) is 0 Å². The number of amides is 1. The Morgan fingerprint density at radius 3 is 2.53 bits per heavy atom. The van der Waals surface area contributed by atoms with Gasteiger partial charge in [0.25, 0.3) is 0 Å². The van der Waals surface area contributed by atoms with Gasteiger partial charge in [-0.05, 0) is 39.9 Å². The van der Waals surface area contributed by atoms with Gasteiger partial charge in [-0.15, -0.1) is 11.8 Å². The minimum atomic E-state index is -0.464. The summed E-state index contributed by atoms with van der Waals surface area (Å²) in [5.74, 6) is -0.106. The molecule has 1 amide bonds. The van der Waals surface area contributed by atoms with Gasteiger partial charge in [0.1, 0.15) is 5.37 Å². The van der Waals surface area contributed by atoms with E-state index in [2.05, 4.69) is 32.2 Å². The summed E-state index contributed by atoms with van der Waals surface area (Å²) in [4.78, 5) is 11.4. The van der Waals surface area contributed by atoms with Crippen LogP contribution in [-0.2, 0) is 4.79 Å². The smallest absolute Gasteiger partial charge is 0.247 e. The normalized spacial score (nSPS) is 13.1. The average molecular weight is 256 g/mol. The lowest BCUT2D eigenvalue weighted by molar-refractivity contribution is -0.120. The first kappa shape index (κ1) is 16.3. The maximum absolute atomic E-state index is 11.4. The fourth-order valence-corrected chi connectivity index (χ4v) is 1.52. The molecule has 0 spiro atoms. The minimum absolute atomic E-state index is 0.106. The number of carbonyl (C=O) groups is 1. The molecule has 0 bridgehead atoms. The molecule has 0 aliphatic heterocycles. The Bertz CT molecular complexity index is 294. The van der Waals surface area contributed by atoms with Crippen molar-refractivity contribution in [3.05, 3.63) is 23.3 Å². The third-order valence-corrected chi connectivity index (χ3v) is 3.05. The molecule has 1 atom stereocenters. The minimum Gasteiger partial charge on any atom is -0.351 e. The number of nitrogens with two attached hydrogens (primary N) is 1. The number of nitrogens with one attached hydrogen (secondary N) is 1. The van der Waals surface area contributed by atoms with Gasteiger partial charge in [0.2, 0.25) is 5.91 Å². The Labute approximate surface area is 109 Å². The van der Waals surface area contributed by atoms with E-state index in [1.165, 1.54) is 22.9 Å². The maximum atomic E-state index is 11.4. The quantitative estimate of drug-likeness (QED) is 0.543. The average Bonchev–Trinajstić information content (AvgIpc) is 2.27. The van der Waals surface area contributed by atoms with Gasteiger partial charge in [0.15, 0.2) is 0 Å². The van der Waals surface area contributed by atoms with Gasteiger partial charge in [-0.25, -0.2) is 0 Å². The summed E-state index contributed by atoms with van der Waals surface area (Å²) in [6, 6.07) is 0. The highest BCUT2D eigenvalue weighted by Crippen LogP contribution is 2.06. The number of thioether (sulfide) groups is 1. The third kappa shape index (κ3) is 9.01. The van der Waals surface area contributed by atoms with E-state index >= 15 is 0 Å². The van der Waals surface area contributed by atoms with Crippen molar-refractivity contribution in [1.29, 1.82) is 0 Å². The maximum Gasteiger partial charge on any atom is 0.247 e. The van der Waals surface area contributed by atoms with E-state index in [0.717, 1.165) is 12.8 Å². The van der Waals surface area contributed by atoms with Gasteiger partial charge in [0.05, 0.1) is 0 Å². The standard InChI is InChI=1S/C13H24N2OS/c1-10(2)6-5-7-11(3)8-9-15-13(16)12(14)17-4/h6,8,12H,5,7,9,14H2,1-4H3,(H,15,16)/b11-8+. The molecule has 0 aromatic heterocycles. The number of hydrogen-bond donors (Lipinski definition) is 2. The van der Waals surface area contributed by atoms with Gasteiger partial charge >= 0.3 is 0 Å². The van der Waals surface area contributed by atoms with E-state index in [0.29, 0.717) is 6.54 Å². The van der Waals surface area contributed by atoms with Gasteiger partial charge in [0, 0.05) is 6.54 Å². The molecule has 0 saturated carbocycles. The van der Waals surface area contributed by atoms with E-state index in [1.54, 1.807) is 0 Å². The molecule has 0 saturated heterocycles. The van der Waals surface area contributed by atoms with Crippen LogP contribution in [0.4, 0.5) is 0 Å². The zero-order valence-corrected chi connectivity index (χ0v) is 12.1. The molecule has 0 rings (SSSR count). The Morgan fingerprint density at radius 1 is 1.35 bits per heavy atom. The molecular weight excluding hydrogens is 232 g/mol. The van der Waals surface area contributed by atoms with Gasteiger partial charge < -0.3 is 11.1 Å². The molecule has 0 radical (unpaired) electrons. The van der Waals surface area contributed by atoms with Crippen molar-refractivity contribution in [1.82, 2.24) is 5.32 Å². The molecule has 98 valence electrons. The molecule has 4 heteroatoms. The van der Waals surface area contributed by atoms with Gasteiger partial charge in [-0.2, -0.15) is 0 Å². The Morgan fingerprint density at radius 2 is 2.00 bits per heavy atom. The van der Waals surface area contributed by atoms with Crippen LogP contribution < -0.4 is 11.1 Å². The fourth-order valence-electron chi connectivity index (χ4n) is 1.22. The van der Waals surface area contributed by atoms with Crippen molar-refractivity contribution < 1.29 is 4.79 Å². The summed E-state index contributed by atoms with van der Waals surface area (Å²) in [5.41, 5.74) is 8.21. The first-order valence-electron chi connectivity index (χ1n) is 5.82. The SMILES string of the molecule is CSC(N)C(=O)NC/C=C(\C)CCC=C(C)C. The first-order chi connectivity index (χ1) is 7.97. The molecule has 0 fully saturated rings. The Hall–Kier alpha value is -0.740. The summed E-state index contributed by atoms with van der Waals surface area (Å²) in [5, 5.41) is 2.32. The Balaban J connectivity index is 3.84. The Kier molecular flexibility index (Phi) is 8.90. The van der Waals surface area contributed by atoms with Crippen LogP contribution in [-0.4, -0.2) is 24.1 Å².